The lowest BCUT2D eigenvalue weighted by Crippen LogP contribution is -2.45. The third-order valence-corrected chi connectivity index (χ3v) is 3.99. The van der Waals surface area contributed by atoms with Crippen molar-refractivity contribution in [2.24, 2.45) is 0 Å². The van der Waals surface area contributed by atoms with Crippen molar-refractivity contribution in [2.45, 2.75) is 24.9 Å². The van der Waals surface area contributed by atoms with Gasteiger partial charge in [0.1, 0.15) is 0 Å². The van der Waals surface area contributed by atoms with Crippen LogP contribution in [0.3, 0.4) is 0 Å². The van der Waals surface area contributed by atoms with E-state index >= 15 is 0 Å². The van der Waals surface area contributed by atoms with E-state index in [0.717, 1.165) is 19.5 Å². The van der Waals surface area contributed by atoms with Crippen molar-refractivity contribution >= 4 is 5.91 Å². The van der Waals surface area contributed by atoms with Crippen molar-refractivity contribution < 1.29 is 4.79 Å². The number of nitrogens with zero attached hydrogens (tertiary/aromatic N) is 2. The Morgan fingerprint density at radius 2 is 2.06 bits per heavy atom. The van der Waals surface area contributed by atoms with E-state index in [1.807, 2.05) is 30.3 Å². The normalized spacial score (nSPS) is 29.2. The molecule has 3 rings (SSSR count). The summed E-state index contributed by atoms with van der Waals surface area (Å²) < 4.78 is 0. The van der Waals surface area contributed by atoms with Gasteiger partial charge in [-0.05, 0) is 18.5 Å². The van der Waals surface area contributed by atoms with Crippen LogP contribution >= 0.6 is 0 Å². The monoisotopic (exact) mass is 245 g/mol. The molecule has 2 aliphatic rings. The lowest BCUT2D eigenvalue weighted by Gasteiger charge is -2.34. The van der Waals surface area contributed by atoms with Gasteiger partial charge in [-0.1, -0.05) is 30.3 Å². The second-order valence-corrected chi connectivity index (χ2v) is 5.07. The first-order chi connectivity index (χ1) is 8.77. The number of carbonyl (C=O) groups is 1. The van der Waals surface area contributed by atoms with Gasteiger partial charge >= 0.3 is 0 Å². The average Bonchev–Trinajstić information content (AvgIpc) is 3.00. The molecule has 0 aliphatic carbocycles. The van der Waals surface area contributed by atoms with Gasteiger partial charge in [0, 0.05) is 26.1 Å². The van der Waals surface area contributed by atoms with Crippen LogP contribution in [-0.2, 0) is 4.79 Å². The highest BCUT2D eigenvalue weighted by atomic mass is 16.2. The van der Waals surface area contributed by atoms with Gasteiger partial charge in [0.2, 0.25) is 5.91 Å². The van der Waals surface area contributed by atoms with Crippen LogP contribution in [0.1, 0.15) is 24.4 Å². The molecule has 1 N–H and O–H groups in total. The van der Waals surface area contributed by atoms with E-state index in [1.165, 1.54) is 5.56 Å². The zero-order valence-electron chi connectivity index (χ0n) is 10.7. The second kappa shape index (κ2) is 4.71. The topological polar surface area (TPSA) is 35.6 Å². The van der Waals surface area contributed by atoms with Gasteiger partial charge in [-0.3, -0.25) is 9.80 Å². The highest BCUT2D eigenvalue weighted by Crippen LogP contribution is 2.35. The molecule has 0 saturated carbocycles. The molecule has 2 fully saturated rings. The first-order valence-corrected chi connectivity index (χ1v) is 6.58. The van der Waals surface area contributed by atoms with Crippen LogP contribution in [0.15, 0.2) is 30.3 Å². The van der Waals surface area contributed by atoms with Gasteiger partial charge in [0.05, 0.1) is 6.04 Å². The fraction of sp³-hybridized carbons (Fsp3) is 0.500. The van der Waals surface area contributed by atoms with Crippen molar-refractivity contribution in [3.05, 3.63) is 35.9 Å². The van der Waals surface area contributed by atoms with E-state index in [0.29, 0.717) is 12.5 Å². The molecule has 1 amide bonds. The average molecular weight is 245 g/mol. The summed E-state index contributed by atoms with van der Waals surface area (Å²) in [5, 5.41) is 7.45. The quantitative estimate of drug-likeness (QED) is 0.849. The third-order valence-electron chi connectivity index (χ3n) is 3.99. The molecule has 2 aliphatic heterocycles. The Bertz CT molecular complexity index is 428. The first kappa shape index (κ1) is 11.7. The summed E-state index contributed by atoms with van der Waals surface area (Å²) in [6, 6.07) is 11.0. The maximum atomic E-state index is 12.0. The number of carbonyl (C=O) groups excluding carboxylic acids is 1. The van der Waals surface area contributed by atoms with Crippen LogP contribution < -0.4 is 5.32 Å². The zero-order chi connectivity index (χ0) is 12.5. The fourth-order valence-corrected chi connectivity index (χ4v) is 3.04. The van der Waals surface area contributed by atoms with Crippen LogP contribution in [0.25, 0.3) is 0 Å². The molecule has 0 aromatic heterocycles. The largest absolute Gasteiger partial charge is 0.315 e. The van der Waals surface area contributed by atoms with Gasteiger partial charge in [0.15, 0.2) is 0 Å². The highest BCUT2D eigenvalue weighted by Gasteiger charge is 2.41. The summed E-state index contributed by atoms with van der Waals surface area (Å²) in [6.07, 6.45) is 1.71. The van der Waals surface area contributed by atoms with Gasteiger partial charge in [-0.15, -0.1) is 0 Å². The van der Waals surface area contributed by atoms with Crippen molar-refractivity contribution in [3.8, 4) is 0 Å². The Morgan fingerprint density at radius 3 is 2.72 bits per heavy atom. The number of amides is 1. The molecule has 96 valence electrons. The molecule has 2 unspecified atom stereocenters. The van der Waals surface area contributed by atoms with E-state index in [4.69, 9.17) is 0 Å². The van der Waals surface area contributed by atoms with Gasteiger partial charge in [-0.25, -0.2) is 5.01 Å². The lowest BCUT2D eigenvalue weighted by molar-refractivity contribution is -0.138. The van der Waals surface area contributed by atoms with E-state index in [-0.39, 0.29) is 11.9 Å². The smallest absolute Gasteiger partial charge is 0.238 e. The number of nitrogens with one attached hydrogen (secondary N) is 1. The number of hydrogen-bond donors (Lipinski definition) is 1. The Balaban J connectivity index is 1.89. The fourth-order valence-electron chi connectivity index (χ4n) is 3.04. The van der Waals surface area contributed by atoms with E-state index in [9.17, 15) is 4.79 Å². The van der Waals surface area contributed by atoms with Crippen molar-refractivity contribution in [1.82, 2.24) is 15.3 Å². The predicted molar refractivity (Wildman–Crippen MR) is 69.7 cm³/mol. The molecule has 0 radical (unpaired) electrons. The number of benzene rings is 1. The highest BCUT2D eigenvalue weighted by molar-refractivity contribution is 5.78. The predicted octanol–water partition coefficient (Wildman–Crippen LogP) is 1.17. The van der Waals surface area contributed by atoms with Crippen molar-refractivity contribution in [3.63, 3.8) is 0 Å². The number of rotatable bonds is 2. The van der Waals surface area contributed by atoms with Crippen LogP contribution in [0.2, 0.25) is 0 Å². The number of hydrazine groups is 1. The molecule has 4 heteroatoms. The minimum absolute atomic E-state index is 0.202. The third kappa shape index (κ3) is 1.91. The van der Waals surface area contributed by atoms with E-state index in [2.05, 4.69) is 22.5 Å². The summed E-state index contributed by atoms with van der Waals surface area (Å²) in [7, 11) is 1.89. The molecule has 2 atom stereocenters. The maximum Gasteiger partial charge on any atom is 0.238 e. The Labute approximate surface area is 108 Å². The zero-order valence-corrected chi connectivity index (χ0v) is 10.7. The number of hydrogen-bond acceptors (Lipinski definition) is 3. The first-order valence-electron chi connectivity index (χ1n) is 6.58. The summed E-state index contributed by atoms with van der Waals surface area (Å²) in [5.74, 6) is 0.218. The minimum Gasteiger partial charge on any atom is -0.315 e. The summed E-state index contributed by atoms with van der Waals surface area (Å²) in [4.78, 5) is 12.0. The molecular weight excluding hydrogens is 226 g/mol. The molecular formula is C14H19N3O. The van der Waals surface area contributed by atoms with Crippen LogP contribution in [-0.4, -0.2) is 42.1 Å². The van der Waals surface area contributed by atoms with Crippen LogP contribution in [0.5, 0.6) is 0 Å². The van der Waals surface area contributed by atoms with Crippen LogP contribution in [0.4, 0.5) is 0 Å². The Kier molecular flexibility index (Phi) is 3.06. The SMILES string of the molecule is CN1C(=O)CC(c2ccccc2)N1C1CCNC1. The van der Waals surface area contributed by atoms with Gasteiger partial charge < -0.3 is 5.32 Å². The van der Waals surface area contributed by atoms with Crippen LogP contribution in [0, 0.1) is 0 Å². The molecule has 2 heterocycles. The van der Waals surface area contributed by atoms with Gasteiger partial charge in [0.25, 0.3) is 0 Å². The molecule has 0 spiro atoms. The molecule has 4 nitrogen and oxygen atoms in total. The second-order valence-electron chi connectivity index (χ2n) is 5.07. The molecule has 18 heavy (non-hydrogen) atoms. The molecule has 1 aromatic rings. The van der Waals surface area contributed by atoms with Crippen molar-refractivity contribution in [2.75, 3.05) is 20.1 Å². The summed E-state index contributed by atoms with van der Waals surface area (Å²) in [5.41, 5.74) is 1.24. The minimum atomic E-state index is 0.202. The summed E-state index contributed by atoms with van der Waals surface area (Å²) in [6.45, 7) is 2.02. The van der Waals surface area contributed by atoms with E-state index in [1.54, 1.807) is 0 Å². The summed E-state index contributed by atoms with van der Waals surface area (Å²) >= 11 is 0. The lowest BCUT2D eigenvalue weighted by atomic mass is 10.0. The standard InChI is InChI=1S/C14H19N3O/c1-16-14(18)9-13(11-5-3-2-4-6-11)17(16)12-7-8-15-10-12/h2-6,12-13,15H,7-10H2,1H3. The maximum absolute atomic E-state index is 12.0. The molecule has 2 saturated heterocycles. The van der Waals surface area contributed by atoms with Crippen molar-refractivity contribution in [1.29, 1.82) is 0 Å². The Hall–Kier alpha value is -1.39. The van der Waals surface area contributed by atoms with E-state index < -0.39 is 0 Å². The van der Waals surface area contributed by atoms with Gasteiger partial charge in [-0.2, -0.15) is 0 Å². The Morgan fingerprint density at radius 1 is 1.28 bits per heavy atom. The molecule has 1 aromatic carbocycles. The molecule has 0 bridgehead atoms.